The van der Waals surface area contributed by atoms with Crippen molar-refractivity contribution in [3.63, 3.8) is 0 Å². The van der Waals surface area contributed by atoms with Crippen molar-refractivity contribution in [1.82, 2.24) is 0 Å². The molecule has 0 unspecified atom stereocenters. The summed E-state index contributed by atoms with van der Waals surface area (Å²) in [5.41, 5.74) is 2.19. The van der Waals surface area contributed by atoms with E-state index in [4.69, 9.17) is 0 Å². The van der Waals surface area contributed by atoms with Gasteiger partial charge in [-0.3, -0.25) is 9.98 Å². The first-order chi connectivity index (χ1) is 3.80. The summed E-state index contributed by atoms with van der Waals surface area (Å²) in [6.07, 6.45) is 0. The van der Waals surface area contributed by atoms with E-state index in [0.29, 0.717) is 0 Å². The van der Waals surface area contributed by atoms with E-state index in [1.165, 1.54) is 0 Å². The molecule has 1 heterocycles. The third-order valence-electron chi connectivity index (χ3n) is 1.32. The lowest BCUT2D eigenvalue weighted by Gasteiger charge is -2.04. The number of aliphatic imine (C=N–C) groups is 2. The monoisotopic (exact) mass is 110 g/mol. The summed E-state index contributed by atoms with van der Waals surface area (Å²) in [6.45, 7) is 5.75. The summed E-state index contributed by atoms with van der Waals surface area (Å²) in [5.74, 6) is 0. The first-order valence-corrected chi connectivity index (χ1v) is 2.83. The minimum Gasteiger partial charge on any atom is -0.286 e. The Morgan fingerprint density at radius 3 is 1.62 bits per heavy atom. The lowest BCUT2D eigenvalue weighted by atomic mass is 10.2. The molecule has 44 valence electrons. The second-order valence-electron chi connectivity index (χ2n) is 1.93. The van der Waals surface area contributed by atoms with Gasteiger partial charge in [0.25, 0.3) is 0 Å². The molecule has 0 spiro atoms. The molecule has 0 aromatic rings. The van der Waals surface area contributed by atoms with Crippen molar-refractivity contribution < 1.29 is 0 Å². The molecule has 0 amide bonds. The van der Waals surface area contributed by atoms with Crippen LogP contribution in [0.5, 0.6) is 0 Å². The summed E-state index contributed by atoms with van der Waals surface area (Å²) in [4.78, 5) is 8.39. The van der Waals surface area contributed by atoms with Crippen LogP contribution in [0.15, 0.2) is 9.98 Å². The number of hydrogen-bond donors (Lipinski definition) is 0. The van der Waals surface area contributed by atoms with Crippen molar-refractivity contribution in [3.05, 3.63) is 0 Å². The molecule has 0 saturated carbocycles. The van der Waals surface area contributed by atoms with Gasteiger partial charge in [0.2, 0.25) is 0 Å². The van der Waals surface area contributed by atoms with Crippen molar-refractivity contribution in [1.29, 1.82) is 0 Å². The standard InChI is InChI=1S/C6H10N2/c1-5-6(2)8-4-3-7-5/h3-4H2,1-2H3. The van der Waals surface area contributed by atoms with Gasteiger partial charge in [-0.05, 0) is 13.8 Å². The Bertz CT molecular complexity index is 127. The quantitative estimate of drug-likeness (QED) is 0.443. The van der Waals surface area contributed by atoms with Crippen LogP contribution in [0.1, 0.15) is 13.8 Å². The summed E-state index contributed by atoms with van der Waals surface area (Å²) in [5, 5.41) is 0. The van der Waals surface area contributed by atoms with Crippen LogP contribution in [-0.2, 0) is 0 Å². The molecule has 0 aliphatic carbocycles. The van der Waals surface area contributed by atoms with Crippen molar-refractivity contribution in [2.75, 3.05) is 13.1 Å². The highest BCUT2D eigenvalue weighted by Gasteiger charge is 1.98. The predicted molar refractivity (Wildman–Crippen MR) is 36.0 cm³/mol. The zero-order valence-electron chi connectivity index (χ0n) is 5.31. The minimum absolute atomic E-state index is 0.878. The van der Waals surface area contributed by atoms with Gasteiger partial charge >= 0.3 is 0 Å². The van der Waals surface area contributed by atoms with Gasteiger partial charge < -0.3 is 0 Å². The highest BCUT2D eigenvalue weighted by atomic mass is 14.9. The average molecular weight is 110 g/mol. The zero-order chi connectivity index (χ0) is 5.98. The summed E-state index contributed by atoms with van der Waals surface area (Å²) >= 11 is 0. The Balaban J connectivity index is 2.73. The summed E-state index contributed by atoms with van der Waals surface area (Å²) in [6, 6.07) is 0. The normalized spacial score (nSPS) is 19.8. The van der Waals surface area contributed by atoms with Crippen molar-refractivity contribution in [2.24, 2.45) is 9.98 Å². The zero-order valence-corrected chi connectivity index (χ0v) is 5.31. The van der Waals surface area contributed by atoms with Gasteiger partial charge in [0.1, 0.15) is 0 Å². The second kappa shape index (κ2) is 2.07. The molecule has 1 aliphatic heterocycles. The van der Waals surface area contributed by atoms with Crippen LogP contribution in [-0.4, -0.2) is 24.5 Å². The minimum atomic E-state index is 0.878. The maximum atomic E-state index is 4.20. The van der Waals surface area contributed by atoms with Crippen molar-refractivity contribution in [2.45, 2.75) is 13.8 Å². The van der Waals surface area contributed by atoms with Crippen LogP contribution < -0.4 is 0 Å². The van der Waals surface area contributed by atoms with Crippen LogP contribution >= 0.6 is 0 Å². The number of nitrogens with zero attached hydrogens (tertiary/aromatic N) is 2. The van der Waals surface area contributed by atoms with Gasteiger partial charge in [0, 0.05) is 0 Å². The Kier molecular flexibility index (Phi) is 1.42. The molecule has 1 aliphatic rings. The van der Waals surface area contributed by atoms with Gasteiger partial charge in [-0.25, -0.2) is 0 Å². The van der Waals surface area contributed by atoms with Gasteiger partial charge in [0.05, 0.1) is 24.5 Å². The number of rotatable bonds is 0. The molecule has 0 atom stereocenters. The lowest BCUT2D eigenvalue weighted by molar-refractivity contribution is 0.960. The largest absolute Gasteiger partial charge is 0.286 e. The molecule has 1 rings (SSSR count). The van der Waals surface area contributed by atoms with Gasteiger partial charge in [-0.1, -0.05) is 0 Å². The van der Waals surface area contributed by atoms with E-state index >= 15 is 0 Å². The van der Waals surface area contributed by atoms with Gasteiger partial charge in [-0.15, -0.1) is 0 Å². The predicted octanol–water partition coefficient (Wildman–Crippen LogP) is 0.922. The van der Waals surface area contributed by atoms with Crippen molar-refractivity contribution in [3.8, 4) is 0 Å². The Hall–Kier alpha value is -0.660. The van der Waals surface area contributed by atoms with E-state index in [0.717, 1.165) is 24.5 Å². The van der Waals surface area contributed by atoms with E-state index in [-0.39, 0.29) is 0 Å². The summed E-state index contributed by atoms with van der Waals surface area (Å²) < 4.78 is 0. The topological polar surface area (TPSA) is 24.7 Å². The summed E-state index contributed by atoms with van der Waals surface area (Å²) in [7, 11) is 0. The van der Waals surface area contributed by atoms with Crippen LogP contribution in [0.2, 0.25) is 0 Å². The fraction of sp³-hybridized carbons (Fsp3) is 0.667. The first kappa shape index (κ1) is 5.48. The molecule has 0 N–H and O–H groups in total. The first-order valence-electron chi connectivity index (χ1n) is 2.83. The highest BCUT2D eigenvalue weighted by Crippen LogP contribution is 1.91. The van der Waals surface area contributed by atoms with Crippen molar-refractivity contribution >= 4 is 11.4 Å². The Morgan fingerprint density at radius 1 is 1.00 bits per heavy atom. The van der Waals surface area contributed by atoms with Crippen LogP contribution in [0, 0.1) is 0 Å². The van der Waals surface area contributed by atoms with E-state index in [9.17, 15) is 0 Å². The Morgan fingerprint density at radius 2 is 1.38 bits per heavy atom. The maximum absolute atomic E-state index is 4.20. The highest BCUT2D eigenvalue weighted by molar-refractivity contribution is 6.40. The molecular weight excluding hydrogens is 100 g/mol. The molecule has 0 aromatic heterocycles. The smallest absolute Gasteiger partial charge is 0.0589 e. The van der Waals surface area contributed by atoms with E-state index in [2.05, 4.69) is 9.98 Å². The van der Waals surface area contributed by atoms with Crippen LogP contribution in [0.25, 0.3) is 0 Å². The third kappa shape index (κ3) is 0.941. The third-order valence-corrected chi connectivity index (χ3v) is 1.32. The molecule has 2 nitrogen and oxygen atoms in total. The second-order valence-corrected chi connectivity index (χ2v) is 1.93. The number of hydrogen-bond acceptors (Lipinski definition) is 2. The average Bonchev–Trinajstić information content (AvgIpc) is 1.77. The van der Waals surface area contributed by atoms with Crippen LogP contribution in [0.3, 0.4) is 0 Å². The lowest BCUT2D eigenvalue weighted by Crippen LogP contribution is -2.13. The molecule has 0 aromatic carbocycles. The maximum Gasteiger partial charge on any atom is 0.0589 e. The molecule has 0 saturated heterocycles. The fourth-order valence-electron chi connectivity index (χ4n) is 0.664. The molecule has 0 radical (unpaired) electrons. The molecule has 8 heavy (non-hydrogen) atoms. The van der Waals surface area contributed by atoms with Gasteiger partial charge in [0.15, 0.2) is 0 Å². The molecule has 0 fully saturated rings. The van der Waals surface area contributed by atoms with Gasteiger partial charge in [-0.2, -0.15) is 0 Å². The molecular formula is C6H10N2. The molecule has 2 heteroatoms. The fourth-order valence-corrected chi connectivity index (χ4v) is 0.664. The SMILES string of the molecule is CC1=NCCN=C1C. The molecule has 0 bridgehead atoms. The Labute approximate surface area is 49.3 Å². The van der Waals surface area contributed by atoms with E-state index in [1.54, 1.807) is 0 Å². The van der Waals surface area contributed by atoms with E-state index in [1.807, 2.05) is 13.8 Å². The van der Waals surface area contributed by atoms with E-state index < -0.39 is 0 Å². The van der Waals surface area contributed by atoms with Crippen LogP contribution in [0.4, 0.5) is 0 Å².